The van der Waals surface area contributed by atoms with Crippen LogP contribution in [0.25, 0.3) is 0 Å². The van der Waals surface area contributed by atoms with Crippen LogP contribution < -0.4 is 0 Å². The van der Waals surface area contributed by atoms with E-state index in [4.69, 9.17) is 5.21 Å². The summed E-state index contributed by atoms with van der Waals surface area (Å²) in [5.41, 5.74) is 2.30. The zero-order valence-corrected chi connectivity index (χ0v) is 9.32. The van der Waals surface area contributed by atoms with Crippen molar-refractivity contribution in [2.24, 2.45) is 5.16 Å². The van der Waals surface area contributed by atoms with Crippen molar-refractivity contribution in [3.63, 3.8) is 0 Å². The van der Waals surface area contributed by atoms with Crippen LogP contribution in [-0.2, 0) is 6.42 Å². The van der Waals surface area contributed by atoms with Crippen LogP contribution in [0.4, 0.5) is 0 Å². The number of rotatable bonds is 6. The van der Waals surface area contributed by atoms with Gasteiger partial charge in [-0.1, -0.05) is 55.6 Å². The summed E-state index contributed by atoms with van der Waals surface area (Å²) in [7, 11) is 0. The van der Waals surface area contributed by atoms with E-state index in [2.05, 4.69) is 24.2 Å². The number of oxime groups is 1. The van der Waals surface area contributed by atoms with Gasteiger partial charge < -0.3 is 5.21 Å². The van der Waals surface area contributed by atoms with E-state index in [-0.39, 0.29) is 0 Å². The first kappa shape index (κ1) is 11.8. The SMILES string of the molecule is CCCCCCc1ccc(C=NO)cc1. The molecule has 0 amide bonds. The Hall–Kier alpha value is -1.31. The summed E-state index contributed by atoms with van der Waals surface area (Å²) in [6.45, 7) is 2.23. The average molecular weight is 205 g/mol. The van der Waals surface area contributed by atoms with E-state index in [0.717, 1.165) is 12.0 Å². The number of benzene rings is 1. The second-order valence-electron chi connectivity index (χ2n) is 3.80. The highest BCUT2D eigenvalue weighted by molar-refractivity contribution is 5.78. The molecule has 1 aromatic carbocycles. The molecular formula is C13H19NO. The monoisotopic (exact) mass is 205 g/mol. The Morgan fingerprint density at radius 2 is 1.87 bits per heavy atom. The maximum atomic E-state index is 8.36. The van der Waals surface area contributed by atoms with E-state index in [1.54, 1.807) is 0 Å². The molecule has 1 N–H and O–H groups in total. The van der Waals surface area contributed by atoms with Gasteiger partial charge in [0.25, 0.3) is 0 Å². The third-order valence-electron chi connectivity index (χ3n) is 2.51. The van der Waals surface area contributed by atoms with Crippen LogP contribution in [0.3, 0.4) is 0 Å². The van der Waals surface area contributed by atoms with Gasteiger partial charge in [-0.25, -0.2) is 0 Å². The Morgan fingerprint density at radius 3 is 2.47 bits per heavy atom. The predicted octanol–water partition coefficient (Wildman–Crippen LogP) is 3.62. The molecule has 0 unspecified atom stereocenters. The highest BCUT2D eigenvalue weighted by Crippen LogP contribution is 2.08. The molecule has 0 atom stereocenters. The molecule has 0 aliphatic carbocycles. The van der Waals surface area contributed by atoms with Crippen LogP contribution >= 0.6 is 0 Å². The van der Waals surface area contributed by atoms with Crippen molar-refractivity contribution in [1.82, 2.24) is 0 Å². The van der Waals surface area contributed by atoms with Gasteiger partial charge in [-0.2, -0.15) is 0 Å². The number of hydrogen-bond donors (Lipinski definition) is 1. The largest absolute Gasteiger partial charge is 0.411 e. The van der Waals surface area contributed by atoms with Crippen LogP contribution in [0.1, 0.15) is 43.7 Å². The molecule has 2 heteroatoms. The van der Waals surface area contributed by atoms with E-state index in [1.165, 1.54) is 37.5 Å². The third kappa shape index (κ3) is 4.63. The fourth-order valence-corrected chi connectivity index (χ4v) is 1.59. The molecule has 0 saturated heterocycles. The minimum absolute atomic E-state index is 0.940. The summed E-state index contributed by atoms with van der Waals surface area (Å²) in [6, 6.07) is 8.16. The molecule has 0 aliphatic heterocycles. The van der Waals surface area contributed by atoms with Gasteiger partial charge in [0.2, 0.25) is 0 Å². The van der Waals surface area contributed by atoms with E-state index >= 15 is 0 Å². The molecule has 0 spiro atoms. The van der Waals surface area contributed by atoms with Gasteiger partial charge in [0.05, 0.1) is 6.21 Å². The summed E-state index contributed by atoms with van der Waals surface area (Å²) in [5.74, 6) is 0. The van der Waals surface area contributed by atoms with Crippen molar-refractivity contribution in [1.29, 1.82) is 0 Å². The lowest BCUT2D eigenvalue weighted by Crippen LogP contribution is -1.87. The molecule has 0 bridgehead atoms. The fourth-order valence-electron chi connectivity index (χ4n) is 1.59. The van der Waals surface area contributed by atoms with Crippen molar-refractivity contribution in [3.05, 3.63) is 35.4 Å². The zero-order chi connectivity index (χ0) is 10.9. The molecule has 0 radical (unpaired) electrons. The van der Waals surface area contributed by atoms with Crippen LogP contribution in [-0.4, -0.2) is 11.4 Å². The second kappa shape index (κ2) is 7.04. The van der Waals surface area contributed by atoms with Crippen molar-refractivity contribution >= 4 is 6.21 Å². The third-order valence-corrected chi connectivity index (χ3v) is 2.51. The molecular weight excluding hydrogens is 186 g/mol. The molecule has 15 heavy (non-hydrogen) atoms. The number of aryl methyl sites for hydroxylation is 1. The van der Waals surface area contributed by atoms with Crippen LogP contribution in [0, 0.1) is 0 Å². The maximum Gasteiger partial charge on any atom is 0.0733 e. The van der Waals surface area contributed by atoms with Gasteiger partial charge in [0.1, 0.15) is 0 Å². The standard InChI is InChI=1S/C13H19NO/c1-2-3-4-5-6-12-7-9-13(10-8-12)11-14-15/h7-11,15H,2-6H2,1H3. The fraction of sp³-hybridized carbons (Fsp3) is 0.462. The van der Waals surface area contributed by atoms with Crippen molar-refractivity contribution in [2.45, 2.75) is 39.0 Å². The first-order chi connectivity index (χ1) is 7.36. The number of hydrogen-bond acceptors (Lipinski definition) is 2. The van der Waals surface area contributed by atoms with Crippen LogP contribution in [0.2, 0.25) is 0 Å². The van der Waals surface area contributed by atoms with Gasteiger partial charge in [0, 0.05) is 0 Å². The van der Waals surface area contributed by atoms with Gasteiger partial charge in [-0.3, -0.25) is 0 Å². The summed E-state index contributed by atoms with van der Waals surface area (Å²) in [4.78, 5) is 0. The molecule has 1 aromatic rings. The van der Waals surface area contributed by atoms with Crippen molar-refractivity contribution < 1.29 is 5.21 Å². The number of unbranched alkanes of at least 4 members (excludes halogenated alkanes) is 3. The highest BCUT2D eigenvalue weighted by Gasteiger charge is 1.93. The minimum Gasteiger partial charge on any atom is -0.411 e. The van der Waals surface area contributed by atoms with Crippen molar-refractivity contribution in [3.8, 4) is 0 Å². The Balaban J connectivity index is 2.36. The Labute approximate surface area is 91.6 Å². The quantitative estimate of drug-likeness (QED) is 0.327. The smallest absolute Gasteiger partial charge is 0.0733 e. The summed E-state index contributed by atoms with van der Waals surface area (Å²) in [6.07, 6.45) is 7.79. The normalized spacial score (nSPS) is 11.0. The molecule has 82 valence electrons. The lowest BCUT2D eigenvalue weighted by Gasteiger charge is -2.01. The van der Waals surface area contributed by atoms with E-state index in [1.807, 2.05) is 12.1 Å². The van der Waals surface area contributed by atoms with Gasteiger partial charge in [-0.15, -0.1) is 0 Å². The second-order valence-corrected chi connectivity index (χ2v) is 3.80. The molecule has 0 saturated carbocycles. The molecule has 2 nitrogen and oxygen atoms in total. The summed E-state index contributed by atoms with van der Waals surface area (Å²) >= 11 is 0. The van der Waals surface area contributed by atoms with Crippen molar-refractivity contribution in [2.75, 3.05) is 0 Å². The van der Waals surface area contributed by atoms with Gasteiger partial charge in [0.15, 0.2) is 0 Å². The molecule has 0 fully saturated rings. The van der Waals surface area contributed by atoms with E-state index in [9.17, 15) is 0 Å². The first-order valence-corrected chi connectivity index (χ1v) is 5.63. The van der Waals surface area contributed by atoms with Crippen LogP contribution in [0.5, 0.6) is 0 Å². The average Bonchev–Trinajstić information content (AvgIpc) is 2.27. The lowest BCUT2D eigenvalue weighted by atomic mass is 10.1. The molecule has 0 aromatic heterocycles. The highest BCUT2D eigenvalue weighted by atomic mass is 16.4. The number of nitrogens with zero attached hydrogens (tertiary/aromatic N) is 1. The van der Waals surface area contributed by atoms with Gasteiger partial charge >= 0.3 is 0 Å². The molecule has 0 heterocycles. The Kier molecular flexibility index (Phi) is 5.52. The maximum absolute atomic E-state index is 8.36. The lowest BCUT2D eigenvalue weighted by molar-refractivity contribution is 0.322. The van der Waals surface area contributed by atoms with E-state index < -0.39 is 0 Å². The first-order valence-electron chi connectivity index (χ1n) is 5.63. The Morgan fingerprint density at radius 1 is 1.13 bits per heavy atom. The zero-order valence-electron chi connectivity index (χ0n) is 9.32. The summed E-state index contributed by atoms with van der Waals surface area (Å²) in [5, 5.41) is 11.4. The molecule has 1 rings (SSSR count). The van der Waals surface area contributed by atoms with Gasteiger partial charge in [-0.05, 0) is 24.0 Å². The minimum atomic E-state index is 0.940. The molecule has 0 aliphatic rings. The summed E-state index contributed by atoms with van der Waals surface area (Å²) < 4.78 is 0. The van der Waals surface area contributed by atoms with Crippen LogP contribution in [0.15, 0.2) is 29.4 Å². The topological polar surface area (TPSA) is 32.6 Å². The van der Waals surface area contributed by atoms with E-state index in [0.29, 0.717) is 0 Å². The predicted molar refractivity (Wildman–Crippen MR) is 63.7 cm³/mol. The Bertz CT molecular complexity index is 290.